The molecule has 0 saturated heterocycles. The van der Waals surface area contributed by atoms with Gasteiger partial charge in [0.1, 0.15) is 18.1 Å². The van der Waals surface area contributed by atoms with Crippen LogP contribution in [0.4, 0.5) is 5.69 Å². The van der Waals surface area contributed by atoms with Gasteiger partial charge in [-0.05, 0) is 24.3 Å². The summed E-state index contributed by atoms with van der Waals surface area (Å²) in [6, 6.07) is 12.4. The van der Waals surface area contributed by atoms with Gasteiger partial charge in [-0.1, -0.05) is 12.1 Å². The Kier molecular flexibility index (Phi) is 4.34. The highest BCUT2D eigenvalue weighted by Gasteiger charge is 2.04. The topological polar surface area (TPSA) is 77.2 Å². The van der Waals surface area contributed by atoms with Gasteiger partial charge in [-0.25, -0.2) is 0 Å². The zero-order valence-corrected chi connectivity index (χ0v) is 10.4. The van der Waals surface area contributed by atoms with E-state index in [-0.39, 0.29) is 5.91 Å². The summed E-state index contributed by atoms with van der Waals surface area (Å²) in [6.45, 7) is 0.784. The number of hydrogen-bond donors (Lipinski definition) is 2. The van der Waals surface area contributed by atoms with E-state index in [0.717, 1.165) is 0 Å². The molecule has 19 heavy (non-hydrogen) atoms. The van der Waals surface area contributed by atoms with Crippen molar-refractivity contribution in [2.45, 2.75) is 0 Å². The summed E-state index contributed by atoms with van der Waals surface area (Å²) in [5.41, 5.74) is 6.67. The van der Waals surface area contributed by atoms with Crippen LogP contribution in [0.3, 0.4) is 0 Å². The van der Waals surface area contributed by atoms with Crippen LogP contribution >= 0.6 is 0 Å². The Morgan fingerprint density at radius 3 is 2.89 bits per heavy atom. The SMILES string of the molecule is Nc1cccc(OCCNC(=O)c2ccccn2)c1. The molecule has 0 aliphatic heterocycles. The highest BCUT2D eigenvalue weighted by Crippen LogP contribution is 2.13. The highest BCUT2D eigenvalue weighted by molar-refractivity contribution is 5.92. The highest BCUT2D eigenvalue weighted by atomic mass is 16.5. The number of nitrogens with one attached hydrogen (secondary N) is 1. The summed E-state index contributed by atoms with van der Waals surface area (Å²) in [6.07, 6.45) is 1.58. The Hall–Kier alpha value is -2.56. The molecule has 2 rings (SSSR count). The van der Waals surface area contributed by atoms with Crippen LogP contribution in [-0.4, -0.2) is 24.0 Å². The number of nitrogens with zero attached hydrogens (tertiary/aromatic N) is 1. The van der Waals surface area contributed by atoms with Gasteiger partial charge in [-0.2, -0.15) is 0 Å². The van der Waals surface area contributed by atoms with E-state index in [4.69, 9.17) is 10.5 Å². The third kappa shape index (κ3) is 3.99. The molecule has 1 amide bonds. The second kappa shape index (κ2) is 6.39. The minimum Gasteiger partial charge on any atom is -0.492 e. The molecule has 0 aliphatic rings. The second-order valence-corrected chi connectivity index (χ2v) is 3.89. The molecule has 98 valence electrons. The number of hydrogen-bond acceptors (Lipinski definition) is 4. The summed E-state index contributed by atoms with van der Waals surface area (Å²) in [7, 11) is 0. The summed E-state index contributed by atoms with van der Waals surface area (Å²) in [5, 5.41) is 2.73. The average Bonchev–Trinajstić information content (AvgIpc) is 2.44. The number of benzene rings is 1. The van der Waals surface area contributed by atoms with E-state index in [1.54, 1.807) is 36.5 Å². The molecule has 0 atom stereocenters. The third-order valence-electron chi connectivity index (χ3n) is 2.41. The summed E-state index contributed by atoms with van der Waals surface area (Å²) < 4.78 is 5.46. The number of carbonyl (C=O) groups excluding carboxylic acids is 1. The van der Waals surface area contributed by atoms with Crippen molar-refractivity contribution < 1.29 is 9.53 Å². The number of nitrogens with two attached hydrogens (primary N) is 1. The van der Waals surface area contributed by atoms with Crippen molar-refractivity contribution in [1.29, 1.82) is 0 Å². The van der Waals surface area contributed by atoms with Crippen molar-refractivity contribution in [1.82, 2.24) is 10.3 Å². The zero-order chi connectivity index (χ0) is 13.5. The molecule has 0 fully saturated rings. The minimum atomic E-state index is -0.211. The zero-order valence-electron chi connectivity index (χ0n) is 10.4. The number of pyridine rings is 1. The van der Waals surface area contributed by atoms with Gasteiger partial charge in [0, 0.05) is 18.0 Å². The normalized spacial score (nSPS) is 9.89. The fourth-order valence-corrected chi connectivity index (χ4v) is 1.53. The second-order valence-electron chi connectivity index (χ2n) is 3.89. The van der Waals surface area contributed by atoms with Gasteiger partial charge >= 0.3 is 0 Å². The van der Waals surface area contributed by atoms with Crippen LogP contribution in [0.15, 0.2) is 48.7 Å². The number of anilines is 1. The molecule has 5 heteroatoms. The number of ether oxygens (including phenoxy) is 1. The van der Waals surface area contributed by atoms with Gasteiger partial charge in [0.05, 0.1) is 6.54 Å². The lowest BCUT2D eigenvalue weighted by molar-refractivity contribution is 0.0942. The summed E-state index contributed by atoms with van der Waals surface area (Å²) >= 11 is 0. The van der Waals surface area contributed by atoms with Crippen LogP contribution in [-0.2, 0) is 0 Å². The smallest absolute Gasteiger partial charge is 0.269 e. The van der Waals surface area contributed by atoms with Gasteiger partial charge in [0.25, 0.3) is 5.91 Å². The maximum absolute atomic E-state index is 11.7. The van der Waals surface area contributed by atoms with Crippen molar-refractivity contribution in [3.8, 4) is 5.75 Å². The molecule has 2 aromatic rings. The molecule has 0 bridgehead atoms. The Balaban J connectivity index is 1.74. The molecule has 1 aromatic heterocycles. The Morgan fingerprint density at radius 2 is 2.16 bits per heavy atom. The quantitative estimate of drug-likeness (QED) is 0.628. The Labute approximate surface area is 111 Å². The lowest BCUT2D eigenvalue weighted by Gasteiger charge is -2.07. The fourth-order valence-electron chi connectivity index (χ4n) is 1.53. The molecule has 5 nitrogen and oxygen atoms in total. The molecule has 1 aromatic carbocycles. The first kappa shape index (κ1) is 12.9. The lowest BCUT2D eigenvalue weighted by atomic mass is 10.3. The molecular formula is C14H15N3O2. The predicted molar refractivity (Wildman–Crippen MR) is 72.9 cm³/mol. The van der Waals surface area contributed by atoms with Crippen molar-refractivity contribution >= 4 is 11.6 Å². The van der Waals surface area contributed by atoms with Gasteiger partial charge in [0.2, 0.25) is 0 Å². The number of aromatic nitrogens is 1. The molecule has 3 N–H and O–H groups in total. The largest absolute Gasteiger partial charge is 0.492 e. The van der Waals surface area contributed by atoms with E-state index < -0.39 is 0 Å². The number of nitrogen functional groups attached to an aromatic ring is 1. The Bertz CT molecular complexity index is 543. The first-order chi connectivity index (χ1) is 9.25. The van der Waals surface area contributed by atoms with Crippen LogP contribution in [0, 0.1) is 0 Å². The van der Waals surface area contributed by atoms with E-state index in [2.05, 4.69) is 10.3 Å². The van der Waals surface area contributed by atoms with Gasteiger partial charge in [-0.3, -0.25) is 9.78 Å². The molecule has 0 saturated carbocycles. The minimum absolute atomic E-state index is 0.211. The van der Waals surface area contributed by atoms with Crippen molar-refractivity contribution in [3.63, 3.8) is 0 Å². The van der Waals surface area contributed by atoms with E-state index in [0.29, 0.717) is 30.3 Å². The molecule has 0 aliphatic carbocycles. The van der Waals surface area contributed by atoms with E-state index in [1.165, 1.54) is 0 Å². The van der Waals surface area contributed by atoms with Crippen molar-refractivity contribution in [3.05, 3.63) is 54.4 Å². The van der Waals surface area contributed by atoms with Crippen LogP contribution in [0.5, 0.6) is 5.75 Å². The number of carbonyl (C=O) groups is 1. The molecule has 1 heterocycles. The van der Waals surface area contributed by atoms with E-state index in [1.807, 2.05) is 12.1 Å². The average molecular weight is 257 g/mol. The first-order valence-corrected chi connectivity index (χ1v) is 5.93. The van der Waals surface area contributed by atoms with Crippen LogP contribution in [0.25, 0.3) is 0 Å². The molecular weight excluding hydrogens is 242 g/mol. The Morgan fingerprint density at radius 1 is 1.26 bits per heavy atom. The lowest BCUT2D eigenvalue weighted by Crippen LogP contribution is -2.28. The van der Waals surface area contributed by atoms with Crippen LogP contribution in [0.1, 0.15) is 10.5 Å². The number of amides is 1. The standard InChI is InChI=1S/C14H15N3O2/c15-11-4-3-5-12(10-11)19-9-8-17-14(18)13-6-1-2-7-16-13/h1-7,10H,8-9,15H2,(H,17,18). The maximum atomic E-state index is 11.7. The van der Waals surface area contributed by atoms with Gasteiger partial charge in [0.15, 0.2) is 0 Å². The monoisotopic (exact) mass is 257 g/mol. The van der Waals surface area contributed by atoms with E-state index >= 15 is 0 Å². The van der Waals surface area contributed by atoms with Crippen molar-refractivity contribution in [2.24, 2.45) is 0 Å². The first-order valence-electron chi connectivity index (χ1n) is 5.93. The molecule has 0 radical (unpaired) electrons. The molecule has 0 unspecified atom stereocenters. The van der Waals surface area contributed by atoms with E-state index in [9.17, 15) is 4.79 Å². The van der Waals surface area contributed by atoms with Crippen LogP contribution in [0.2, 0.25) is 0 Å². The van der Waals surface area contributed by atoms with Gasteiger partial charge < -0.3 is 15.8 Å². The van der Waals surface area contributed by atoms with Crippen LogP contribution < -0.4 is 15.8 Å². The fraction of sp³-hybridized carbons (Fsp3) is 0.143. The summed E-state index contributed by atoms with van der Waals surface area (Å²) in [4.78, 5) is 15.6. The molecule has 0 spiro atoms. The predicted octanol–water partition coefficient (Wildman–Crippen LogP) is 1.47. The maximum Gasteiger partial charge on any atom is 0.269 e. The summed E-state index contributed by atoms with van der Waals surface area (Å²) in [5.74, 6) is 0.476. The third-order valence-corrected chi connectivity index (χ3v) is 2.41. The number of rotatable bonds is 5. The van der Waals surface area contributed by atoms with Crippen molar-refractivity contribution in [2.75, 3.05) is 18.9 Å². The van der Waals surface area contributed by atoms with Gasteiger partial charge in [-0.15, -0.1) is 0 Å².